The van der Waals surface area contributed by atoms with Gasteiger partial charge in [-0.15, -0.1) is 11.3 Å². The Bertz CT molecular complexity index is 1620. The molecule has 5 aromatic rings. The van der Waals surface area contributed by atoms with E-state index in [1.165, 1.54) is 22.7 Å². The Labute approximate surface area is 206 Å². The number of aromatic nitrogens is 5. The number of nitrogens with zero attached hydrogens (tertiary/aromatic N) is 5. The zero-order valence-corrected chi connectivity index (χ0v) is 19.6. The second-order valence-corrected chi connectivity index (χ2v) is 9.46. The number of hydrogen-bond acceptors (Lipinski definition) is 6. The molecule has 1 aliphatic rings. The van der Waals surface area contributed by atoms with Gasteiger partial charge < -0.3 is 5.32 Å². The number of alkyl halides is 3. The highest BCUT2D eigenvalue weighted by molar-refractivity contribution is 7.12. The van der Waals surface area contributed by atoms with E-state index in [1.54, 1.807) is 6.20 Å². The molecular formula is C24H18F3N7OS. The van der Waals surface area contributed by atoms with Crippen LogP contribution < -0.4 is 5.32 Å². The van der Waals surface area contributed by atoms with Gasteiger partial charge in [-0.1, -0.05) is 12.1 Å². The Hall–Kier alpha value is -4.03. The number of H-pyrrole nitrogens is 1. The average Bonchev–Trinajstić information content (AvgIpc) is 3.62. The van der Waals surface area contributed by atoms with Crippen LogP contribution in [0.1, 0.15) is 27.3 Å². The number of rotatable bonds is 4. The number of carbonyl (C=O) groups excluding carboxylic acids is 1. The van der Waals surface area contributed by atoms with Crippen molar-refractivity contribution in [3.8, 4) is 16.3 Å². The molecule has 4 heterocycles. The number of hydrogen-bond donors (Lipinski definition) is 2. The van der Waals surface area contributed by atoms with E-state index < -0.39 is 17.8 Å². The van der Waals surface area contributed by atoms with Crippen LogP contribution in [0.5, 0.6) is 0 Å². The van der Waals surface area contributed by atoms with Crippen molar-refractivity contribution in [2.24, 2.45) is 0 Å². The first kappa shape index (κ1) is 22.4. The van der Waals surface area contributed by atoms with Crippen LogP contribution in [0.15, 0.2) is 54.2 Å². The van der Waals surface area contributed by atoms with Crippen molar-refractivity contribution in [3.63, 3.8) is 0 Å². The minimum atomic E-state index is -4.56. The van der Waals surface area contributed by atoms with E-state index in [9.17, 15) is 18.0 Å². The average molecular weight is 510 g/mol. The van der Waals surface area contributed by atoms with E-state index in [1.807, 2.05) is 18.2 Å². The van der Waals surface area contributed by atoms with Gasteiger partial charge in [-0.3, -0.25) is 14.8 Å². The van der Waals surface area contributed by atoms with Gasteiger partial charge in [0.2, 0.25) is 5.13 Å². The number of amides is 1. The minimum absolute atomic E-state index is 0.0743. The second-order valence-electron chi connectivity index (χ2n) is 8.62. The number of thiazole rings is 1. The Kier molecular flexibility index (Phi) is 5.16. The van der Waals surface area contributed by atoms with E-state index in [-0.39, 0.29) is 10.8 Å². The fourth-order valence-electron chi connectivity index (χ4n) is 4.31. The van der Waals surface area contributed by atoms with Crippen LogP contribution in [0.25, 0.3) is 27.2 Å². The summed E-state index contributed by atoms with van der Waals surface area (Å²) in [4.78, 5) is 19.5. The molecular weight excluding hydrogens is 491 g/mol. The predicted octanol–water partition coefficient (Wildman–Crippen LogP) is 5.09. The first-order valence-electron chi connectivity index (χ1n) is 10.9. The molecule has 2 N–H and O–H groups in total. The van der Waals surface area contributed by atoms with E-state index in [0.717, 1.165) is 57.2 Å². The SMILES string of the molecule is CN1Cc2ccc(-c3cc4cn[nH]c4cc3NC(=O)c3csc(-n4ccc(C(F)(F)F)n4)n3)cc2C1. The standard InChI is InChI=1S/C24H18F3N7OS/c1-33-10-14-3-2-13(6-16(14)11-33)17-7-15-9-28-31-18(15)8-19(17)29-22(35)20-12-36-23(30-20)34-5-4-21(32-34)24(25,26)27/h2-9,12H,10-11H2,1H3,(H,28,31)(H,29,35). The van der Waals surface area contributed by atoms with Crippen LogP contribution in [0.2, 0.25) is 0 Å². The monoisotopic (exact) mass is 509 g/mol. The Balaban J connectivity index is 1.32. The Morgan fingerprint density at radius 3 is 2.78 bits per heavy atom. The van der Waals surface area contributed by atoms with Crippen LogP contribution in [-0.4, -0.2) is 42.8 Å². The first-order chi connectivity index (χ1) is 17.2. The number of carbonyl (C=O) groups is 1. The molecule has 0 unspecified atom stereocenters. The molecule has 8 nitrogen and oxygen atoms in total. The van der Waals surface area contributed by atoms with Crippen molar-refractivity contribution in [1.82, 2.24) is 29.9 Å². The first-order valence-corrected chi connectivity index (χ1v) is 11.8. The quantitative estimate of drug-likeness (QED) is 0.352. The fraction of sp³-hybridized carbons (Fsp3) is 0.167. The second kappa shape index (κ2) is 8.28. The third-order valence-corrected chi connectivity index (χ3v) is 6.85. The maximum atomic E-state index is 13.1. The molecule has 12 heteroatoms. The summed E-state index contributed by atoms with van der Waals surface area (Å²) in [5, 5.41) is 16.0. The topological polar surface area (TPSA) is 91.7 Å². The highest BCUT2D eigenvalue weighted by Crippen LogP contribution is 2.35. The molecule has 2 aromatic carbocycles. The molecule has 182 valence electrons. The van der Waals surface area contributed by atoms with Crippen LogP contribution in [0.4, 0.5) is 18.9 Å². The number of nitrogens with one attached hydrogen (secondary N) is 2. The zero-order chi connectivity index (χ0) is 25.0. The number of fused-ring (bicyclic) bond motifs is 2. The summed E-state index contributed by atoms with van der Waals surface area (Å²) in [6.07, 6.45) is -1.67. The Morgan fingerprint density at radius 1 is 1.14 bits per heavy atom. The van der Waals surface area contributed by atoms with Crippen molar-refractivity contribution in [2.75, 3.05) is 12.4 Å². The molecule has 0 aliphatic carbocycles. The third-order valence-electron chi connectivity index (χ3n) is 6.02. The lowest BCUT2D eigenvalue weighted by Gasteiger charge is -2.12. The normalized spacial score (nSPS) is 13.9. The molecule has 36 heavy (non-hydrogen) atoms. The van der Waals surface area contributed by atoms with Gasteiger partial charge >= 0.3 is 6.18 Å². The molecule has 0 spiro atoms. The molecule has 6 rings (SSSR count). The van der Waals surface area contributed by atoms with E-state index in [0.29, 0.717) is 5.69 Å². The summed E-state index contributed by atoms with van der Waals surface area (Å²) in [5.74, 6) is -0.485. The van der Waals surface area contributed by atoms with Crippen molar-refractivity contribution in [1.29, 1.82) is 0 Å². The summed E-state index contributed by atoms with van der Waals surface area (Å²) in [5.41, 5.74) is 4.66. The van der Waals surface area contributed by atoms with Crippen LogP contribution >= 0.6 is 11.3 Å². The van der Waals surface area contributed by atoms with Gasteiger partial charge in [0.05, 0.1) is 17.4 Å². The summed E-state index contributed by atoms with van der Waals surface area (Å²) >= 11 is 1.02. The van der Waals surface area contributed by atoms with Crippen molar-refractivity contribution < 1.29 is 18.0 Å². The van der Waals surface area contributed by atoms with Crippen molar-refractivity contribution in [2.45, 2.75) is 19.3 Å². The number of anilines is 1. The van der Waals surface area contributed by atoms with Gasteiger partial charge in [0.25, 0.3) is 5.91 Å². The molecule has 0 saturated carbocycles. The Morgan fingerprint density at radius 2 is 1.97 bits per heavy atom. The predicted molar refractivity (Wildman–Crippen MR) is 129 cm³/mol. The largest absolute Gasteiger partial charge is 0.435 e. The fourth-order valence-corrected chi connectivity index (χ4v) is 5.05. The lowest BCUT2D eigenvalue weighted by atomic mass is 9.98. The summed E-state index contributed by atoms with van der Waals surface area (Å²) in [7, 11) is 2.07. The van der Waals surface area contributed by atoms with E-state index in [4.69, 9.17) is 0 Å². The van der Waals surface area contributed by atoms with Crippen LogP contribution in [-0.2, 0) is 19.3 Å². The summed E-state index contributed by atoms with van der Waals surface area (Å²) in [6, 6.07) is 10.9. The molecule has 0 saturated heterocycles. The minimum Gasteiger partial charge on any atom is -0.320 e. The highest BCUT2D eigenvalue weighted by atomic mass is 32.1. The van der Waals surface area contributed by atoms with Gasteiger partial charge in [0.1, 0.15) is 5.69 Å². The van der Waals surface area contributed by atoms with Crippen molar-refractivity contribution in [3.05, 3.63) is 76.7 Å². The molecule has 3 aromatic heterocycles. The van der Waals surface area contributed by atoms with Crippen molar-refractivity contribution >= 4 is 33.8 Å². The molecule has 0 atom stereocenters. The van der Waals surface area contributed by atoms with E-state index >= 15 is 0 Å². The van der Waals surface area contributed by atoms with Crippen LogP contribution in [0, 0.1) is 0 Å². The maximum absolute atomic E-state index is 13.1. The van der Waals surface area contributed by atoms with E-state index in [2.05, 4.69) is 49.7 Å². The smallest absolute Gasteiger partial charge is 0.320 e. The molecule has 0 radical (unpaired) electrons. The van der Waals surface area contributed by atoms with Gasteiger partial charge in [0, 0.05) is 35.6 Å². The van der Waals surface area contributed by atoms with Gasteiger partial charge in [0.15, 0.2) is 5.69 Å². The number of benzene rings is 2. The highest BCUT2D eigenvalue weighted by Gasteiger charge is 2.34. The summed E-state index contributed by atoms with van der Waals surface area (Å²) < 4.78 is 39.7. The lowest BCUT2D eigenvalue weighted by molar-refractivity contribution is -0.141. The zero-order valence-electron chi connectivity index (χ0n) is 18.8. The lowest BCUT2D eigenvalue weighted by Crippen LogP contribution is -2.13. The van der Waals surface area contributed by atoms with Gasteiger partial charge in [-0.25, -0.2) is 9.67 Å². The van der Waals surface area contributed by atoms with Gasteiger partial charge in [-0.2, -0.15) is 23.4 Å². The molecule has 0 fully saturated rings. The van der Waals surface area contributed by atoms with Crippen LogP contribution in [0.3, 0.4) is 0 Å². The molecule has 1 amide bonds. The molecule has 1 aliphatic heterocycles. The number of halogens is 3. The summed E-state index contributed by atoms with van der Waals surface area (Å²) in [6.45, 7) is 1.75. The third kappa shape index (κ3) is 4.03. The molecule has 0 bridgehead atoms. The number of aromatic amines is 1. The van der Waals surface area contributed by atoms with Gasteiger partial charge in [-0.05, 0) is 48.0 Å². The maximum Gasteiger partial charge on any atom is 0.435 e.